The molecule has 0 bridgehead atoms. The summed E-state index contributed by atoms with van der Waals surface area (Å²) in [5.41, 5.74) is -0.158. The van der Waals surface area contributed by atoms with Crippen molar-refractivity contribution in [3.8, 4) is 0 Å². The third-order valence-electron chi connectivity index (χ3n) is 13.9. The molecule has 1 aliphatic heterocycles. The van der Waals surface area contributed by atoms with Crippen molar-refractivity contribution in [2.24, 2.45) is 56.2 Å². The molecule has 0 radical (unpaired) electrons. The van der Waals surface area contributed by atoms with Crippen molar-refractivity contribution >= 4 is 11.6 Å². The molecule has 0 aromatic rings. The van der Waals surface area contributed by atoms with Crippen LogP contribution in [0.25, 0.3) is 4.85 Å². The second-order valence-corrected chi connectivity index (χ2v) is 16.1. The summed E-state index contributed by atoms with van der Waals surface area (Å²) in [5.74, 6) is 1.65. The van der Waals surface area contributed by atoms with E-state index in [0.717, 1.165) is 32.3 Å². The van der Waals surface area contributed by atoms with Crippen molar-refractivity contribution in [3.05, 3.63) is 11.4 Å². The maximum absolute atomic E-state index is 14.5. The smallest absolute Gasteiger partial charge is 0.281 e. The van der Waals surface area contributed by atoms with Gasteiger partial charge in [-0.25, -0.2) is 6.57 Å². The Morgan fingerprint density at radius 2 is 1.53 bits per heavy atom. The number of ether oxygens (including phenoxy) is 1. The van der Waals surface area contributed by atoms with E-state index < -0.39 is 11.5 Å². The molecule has 4 nitrogen and oxygen atoms in total. The van der Waals surface area contributed by atoms with Crippen molar-refractivity contribution < 1.29 is 14.3 Å². The zero-order chi connectivity index (χ0) is 26.1. The van der Waals surface area contributed by atoms with Gasteiger partial charge in [-0.15, -0.1) is 0 Å². The van der Waals surface area contributed by atoms with Gasteiger partial charge >= 0.3 is 0 Å². The van der Waals surface area contributed by atoms with Crippen molar-refractivity contribution in [3.63, 3.8) is 0 Å². The molecule has 6 fully saturated rings. The first kappa shape index (κ1) is 25.1. The maximum Gasteiger partial charge on any atom is 0.281 e. The minimum absolute atomic E-state index is 0.0311. The summed E-state index contributed by atoms with van der Waals surface area (Å²) in [6.07, 6.45) is 9.65. The van der Waals surface area contributed by atoms with Crippen LogP contribution in [0.4, 0.5) is 0 Å². The molecule has 5 saturated carbocycles. The highest BCUT2D eigenvalue weighted by atomic mass is 16.6. The number of hydrogen-bond donors (Lipinski definition) is 0. The van der Waals surface area contributed by atoms with E-state index in [4.69, 9.17) is 11.3 Å². The van der Waals surface area contributed by atoms with Crippen LogP contribution < -0.4 is 0 Å². The Hall–Kier alpha value is -1.21. The number of rotatable bonds is 1. The van der Waals surface area contributed by atoms with E-state index in [2.05, 4.69) is 53.3 Å². The monoisotopic (exact) mass is 493 g/mol. The number of epoxide rings is 1. The predicted octanol–water partition coefficient (Wildman–Crippen LogP) is 6.91. The Balaban J connectivity index is 1.44. The molecule has 1 saturated heterocycles. The highest BCUT2D eigenvalue weighted by Crippen LogP contribution is 2.77. The van der Waals surface area contributed by atoms with Crippen LogP contribution in [0.5, 0.6) is 0 Å². The fourth-order valence-electron chi connectivity index (χ4n) is 11.7. The predicted molar refractivity (Wildman–Crippen MR) is 140 cm³/mol. The molecule has 0 spiro atoms. The van der Waals surface area contributed by atoms with E-state index >= 15 is 0 Å². The average molecular weight is 494 g/mol. The molecule has 5 aliphatic carbocycles. The van der Waals surface area contributed by atoms with Crippen molar-refractivity contribution in [2.75, 3.05) is 6.61 Å². The Morgan fingerprint density at radius 1 is 0.861 bits per heavy atom. The maximum atomic E-state index is 14.5. The molecule has 0 aromatic heterocycles. The Morgan fingerprint density at radius 3 is 2.17 bits per heavy atom. The van der Waals surface area contributed by atoms with Crippen LogP contribution in [0, 0.1) is 62.7 Å². The molecule has 0 amide bonds. The first-order chi connectivity index (χ1) is 16.7. The molecule has 0 aromatic carbocycles. The lowest BCUT2D eigenvalue weighted by Crippen LogP contribution is -2.70. The SMILES string of the molecule is [C-]#[N+]C1C[C@]2(C)[C@H]3CC(=O)[C@@H]4[C@@H]5CC(C)(C)CC[C@]5(C5CO5)CC[C@@]4(C)[C@]3(C)CC[C@H]2C(C)(C)C1=O. The molecular formula is C32H47NO3. The van der Waals surface area contributed by atoms with Crippen LogP contribution in [-0.4, -0.2) is 30.3 Å². The number of hydrogen-bond acceptors (Lipinski definition) is 3. The topological polar surface area (TPSA) is 51.0 Å². The van der Waals surface area contributed by atoms with Gasteiger partial charge in [0, 0.05) is 29.6 Å². The van der Waals surface area contributed by atoms with Gasteiger partial charge in [-0.1, -0.05) is 48.5 Å². The first-order valence-electron chi connectivity index (χ1n) is 14.7. The second kappa shape index (κ2) is 7.25. The number of ketones is 2. The molecule has 36 heavy (non-hydrogen) atoms. The molecule has 2 unspecified atom stereocenters. The van der Waals surface area contributed by atoms with Gasteiger partial charge in [-0.2, -0.15) is 0 Å². The van der Waals surface area contributed by atoms with Gasteiger partial charge in [0.1, 0.15) is 5.78 Å². The number of carbonyl (C=O) groups is 2. The Bertz CT molecular complexity index is 1050. The lowest BCUT2D eigenvalue weighted by atomic mass is 9.31. The summed E-state index contributed by atoms with van der Waals surface area (Å²) < 4.78 is 6.03. The van der Waals surface area contributed by atoms with Gasteiger partial charge in [0.25, 0.3) is 6.04 Å². The Labute approximate surface area is 218 Å². The van der Waals surface area contributed by atoms with Crippen LogP contribution >= 0.6 is 0 Å². The highest BCUT2D eigenvalue weighted by Gasteiger charge is 2.74. The van der Waals surface area contributed by atoms with E-state index in [1.165, 1.54) is 19.3 Å². The molecule has 10 atom stereocenters. The fourth-order valence-corrected chi connectivity index (χ4v) is 11.7. The quantitative estimate of drug-likeness (QED) is 0.294. The second-order valence-electron chi connectivity index (χ2n) is 16.1. The third-order valence-corrected chi connectivity index (χ3v) is 13.9. The van der Waals surface area contributed by atoms with E-state index in [1.807, 2.05) is 0 Å². The summed E-state index contributed by atoms with van der Waals surface area (Å²) in [5, 5.41) is 0. The van der Waals surface area contributed by atoms with Crippen molar-refractivity contribution in [1.82, 2.24) is 0 Å². The standard InChI is InChI=1S/C32H47NO3/c1-27(2)11-13-32(24-18-36-24)14-12-31(7)25(19(32)16-27)21(34)15-23-29(5)17-20(33-8)26(35)28(3,4)22(29)9-10-30(23,31)6/h19-20,22-25H,9-18H2,1-7H3/t19-,20?,22-,23+,24?,25-,29-,30+,31+,32-/m0/s1. The third kappa shape index (κ3) is 2.91. The zero-order valence-electron chi connectivity index (χ0n) is 23.7. The number of carbonyl (C=O) groups excluding carboxylic acids is 2. The summed E-state index contributed by atoms with van der Waals surface area (Å²) in [4.78, 5) is 31.7. The van der Waals surface area contributed by atoms with Crippen LogP contribution in [0.15, 0.2) is 0 Å². The number of fused-ring (bicyclic) bond motifs is 7. The summed E-state index contributed by atoms with van der Waals surface area (Å²) in [6.45, 7) is 25.1. The van der Waals surface area contributed by atoms with Crippen LogP contribution in [0.2, 0.25) is 0 Å². The summed E-state index contributed by atoms with van der Waals surface area (Å²) in [6, 6.07) is -0.561. The average Bonchev–Trinajstić information content (AvgIpc) is 3.63. The zero-order valence-corrected chi connectivity index (χ0v) is 23.7. The number of nitrogens with zero attached hydrogens (tertiary/aromatic N) is 1. The van der Waals surface area contributed by atoms with Gasteiger partial charge in [0.05, 0.1) is 12.7 Å². The van der Waals surface area contributed by atoms with E-state index in [-0.39, 0.29) is 50.6 Å². The molecule has 6 rings (SSSR count). The highest BCUT2D eigenvalue weighted by molar-refractivity contribution is 5.92. The molecule has 198 valence electrons. The largest absolute Gasteiger partial charge is 0.373 e. The van der Waals surface area contributed by atoms with Crippen LogP contribution in [0.1, 0.15) is 106 Å². The first-order valence-corrected chi connectivity index (χ1v) is 14.7. The number of Topliss-reactive ketones (excluding diaryl/α,β-unsaturated/α-hetero) is 2. The van der Waals surface area contributed by atoms with Gasteiger partial charge in [0.15, 0.2) is 0 Å². The molecule has 4 heteroatoms. The minimum Gasteiger partial charge on any atom is -0.373 e. The van der Waals surface area contributed by atoms with Crippen molar-refractivity contribution in [2.45, 2.75) is 118 Å². The molecule has 1 heterocycles. The normalized spacial score (nSPS) is 54.8. The molecule has 0 N–H and O–H groups in total. The van der Waals surface area contributed by atoms with E-state index in [9.17, 15) is 9.59 Å². The van der Waals surface area contributed by atoms with Crippen LogP contribution in [-0.2, 0) is 14.3 Å². The van der Waals surface area contributed by atoms with Gasteiger partial charge < -0.3 is 9.58 Å². The lowest BCUT2D eigenvalue weighted by Gasteiger charge is -2.72. The molecule has 6 aliphatic rings. The Kier molecular flexibility index (Phi) is 5.05. The summed E-state index contributed by atoms with van der Waals surface area (Å²) in [7, 11) is 0. The van der Waals surface area contributed by atoms with Gasteiger partial charge in [-0.3, -0.25) is 9.59 Å². The minimum atomic E-state index is -0.561. The summed E-state index contributed by atoms with van der Waals surface area (Å²) >= 11 is 0. The van der Waals surface area contributed by atoms with Crippen LogP contribution in [0.3, 0.4) is 0 Å². The molecular weight excluding hydrogens is 446 g/mol. The van der Waals surface area contributed by atoms with E-state index in [1.54, 1.807) is 0 Å². The lowest BCUT2D eigenvalue weighted by molar-refractivity contribution is -0.236. The van der Waals surface area contributed by atoms with Crippen molar-refractivity contribution in [1.29, 1.82) is 0 Å². The van der Waals surface area contributed by atoms with E-state index in [0.29, 0.717) is 30.6 Å². The van der Waals surface area contributed by atoms with Gasteiger partial charge in [0.2, 0.25) is 5.78 Å². The van der Waals surface area contributed by atoms with Gasteiger partial charge in [-0.05, 0) is 84.4 Å². The fraction of sp³-hybridized carbons (Fsp3) is 0.906.